The van der Waals surface area contributed by atoms with Crippen LogP contribution in [0.1, 0.15) is 45.6 Å². The summed E-state index contributed by atoms with van der Waals surface area (Å²) in [6.45, 7) is 9.07. The van der Waals surface area contributed by atoms with E-state index in [2.05, 4.69) is 56.4 Å². The Kier molecular flexibility index (Phi) is 3.66. The van der Waals surface area contributed by atoms with Crippen LogP contribution in [0.25, 0.3) is 0 Å². The number of fused-ring (bicyclic) bond motifs is 2. The third-order valence-electron chi connectivity index (χ3n) is 6.80. The van der Waals surface area contributed by atoms with E-state index in [0.29, 0.717) is 5.41 Å². The fourth-order valence-electron chi connectivity index (χ4n) is 5.02. The second-order valence-electron chi connectivity index (χ2n) is 7.64. The molecule has 2 bridgehead atoms. The summed E-state index contributed by atoms with van der Waals surface area (Å²) in [5, 5.41) is 3.21. The maximum Gasteiger partial charge on any atom is 0.0993 e. The van der Waals surface area contributed by atoms with Gasteiger partial charge in [0.1, 0.15) is 0 Å². The summed E-state index contributed by atoms with van der Waals surface area (Å²) in [4.78, 5) is 0. The largest absolute Gasteiger partial charge is 0.368 e. The van der Waals surface area contributed by atoms with Crippen molar-refractivity contribution in [1.82, 2.24) is 5.32 Å². The highest BCUT2D eigenvalue weighted by Crippen LogP contribution is 2.73. The van der Waals surface area contributed by atoms with Crippen LogP contribution in [0.15, 0.2) is 30.3 Å². The Morgan fingerprint density at radius 2 is 1.90 bits per heavy atom. The molecule has 1 N–H and O–H groups in total. The third-order valence-corrected chi connectivity index (χ3v) is 6.80. The lowest BCUT2D eigenvalue weighted by Gasteiger charge is -2.49. The van der Waals surface area contributed by atoms with Gasteiger partial charge in [0.2, 0.25) is 0 Å². The van der Waals surface area contributed by atoms with Crippen LogP contribution in [0.2, 0.25) is 0 Å². The van der Waals surface area contributed by atoms with Gasteiger partial charge in [-0.15, -0.1) is 0 Å². The number of likely N-dealkylation sites (N-methyl/N-ethyl adjacent to an activating group) is 1. The first-order chi connectivity index (χ1) is 9.98. The summed E-state index contributed by atoms with van der Waals surface area (Å²) in [6, 6.07) is 10.9. The Morgan fingerprint density at radius 3 is 2.43 bits per heavy atom. The quantitative estimate of drug-likeness (QED) is 0.828. The fourth-order valence-corrected chi connectivity index (χ4v) is 5.02. The van der Waals surface area contributed by atoms with E-state index in [1.54, 1.807) is 0 Å². The molecule has 2 aliphatic carbocycles. The van der Waals surface area contributed by atoms with Gasteiger partial charge in [-0.25, -0.2) is 0 Å². The Morgan fingerprint density at radius 1 is 1.19 bits per heavy atom. The summed E-state index contributed by atoms with van der Waals surface area (Å²) < 4.78 is 6.63. The molecule has 0 heterocycles. The van der Waals surface area contributed by atoms with E-state index in [1.165, 1.54) is 24.8 Å². The number of ether oxygens (including phenoxy) is 1. The lowest BCUT2D eigenvalue weighted by Crippen LogP contribution is -2.47. The minimum atomic E-state index is -0.114. The molecular weight excluding hydrogens is 258 g/mol. The molecule has 2 heteroatoms. The standard InChI is InChI=1S/C19H29NO/c1-17(2)16-10-11-18(17,3)19(14-16,21-13-12-20-4)15-8-6-5-7-9-15/h5-9,16,20H,10-14H2,1-4H3. The molecule has 21 heavy (non-hydrogen) atoms. The molecule has 116 valence electrons. The van der Waals surface area contributed by atoms with Crippen molar-refractivity contribution in [2.75, 3.05) is 20.2 Å². The maximum atomic E-state index is 6.63. The van der Waals surface area contributed by atoms with Crippen LogP contribution in [-0.4, -0.2) is 20.2 Å². The number of benzene rings is 1. The zero-order valence-electron chi connectivity index (χ0n) is 13.9. The molecule has 2 nitrogen and oxygen atoms in total. The monoisotopic (exact) mass is 287 g/mol. The van der Waals surface area contributed by atoms with Gasteiger partial charge in [0.25, 0.3) is 0 Å². The molecule has 2 saturated carbocycles. The van der Waals surface area contributed by atoms with Crippen LogP contribution in [-0.2, 0) is 10.3 Å². The summed E-state index contributed by atoms with van der Waals surface area (Å²) in [5.74, 6) is 0.775. The Hall–Kier alpha value is -0.860. The predicted octanol–water partition coefficient (Wildman–Crippen LogP) is 3.96. The first kappa shape index (κ1) is 15.1. The molecule has 0 amide bonds. The maximum absolute atomic E-state index is 6.63. The smallest absolute Gasteiger partial charge is 0.0993 e. The van der Waals surface area contributed by atoms with Gasteiger partial charge in [-0.1, -0.05) is 51.1 Å². The van der Waals surface area contributed by atoms with Crippen molar-refractivity contribution in [3.05, 3.63) is 35.9 Å². The zero-order chi connectivity index (χ0) is 15.1. The molecule has 0 spiro atoms. The van der Waals surface area contributed by atoms with Gasteiger partial charge in [-0.2, -0.15) is 0 Å². The average Bonchev–Trinajstić information content (AvgIpc) is 2.80. The molecule has 2 fully saturated rings. The van der Waals surface area contributed by atoms with Crippen molar-refractivity contribution in [3.8, 4) is 0 Å². The van der Waals surface area contributed by atoms with E-state index < -0.39 is 0 Å². The molecule has 0 aliphatic heterocycles. The SMILES string of the molecule is CNCCOC1(c2ccccc2)CC2CCC1(C)C2(C)C. The van der Waals surface area contributed by atoms with Gasteiger partial charge in [0.15, 0.2) is 0 Å². The molecular formula is C19H29NO. The summed E-state index contributed by atoms with van der Waals surface area (Å²) in [5.41, 5.74) is 1.83. The summed E-state index contributed by atoms with van der Waals surface area (Å²) >= 11 is 0. The third kappa shape index (κ3) is 1.92. The van der Waals surface area contributed by atoms with Crippen molar-refractivity contribution >= 4 is 0 Å². The van der Waals surface area contributed by atoms with Gasteiger partial charge in [0.05, 0.1) is 12.2 Å². The topological polar surface area (TPSA) is 21.3 Å². The molecule has 1 aromatic carbocycles. The van der Waals surface area contributed by atoms with Crippen molar-refractivity contribution in [2.24, 2.45) is 16.7 Å². The number of hydrogen-bond donors (Lipinski definition) is 1. The lowest BCUT2D eigenvalue weighted by atomic mass is 9.62. The van der Waals surface area contributed by atoms with Gasteiger partial charge < -0.3 is 10.1 Å². The molecule has 0 radical (unpaired) electrons. The van der Waals surface area contributed by atoms with E-state index in [4.69, 9.17) is 4.74 Å². The fraction of sp³-hybridized carbons (Fsp3) is 0.684. The number of nitrogens with one attached hydrogen (secondary N) is 1. The van der Waals surface area contributed by atoms with Crippen LogP contribution in [0, 0.1) is 16.7 Å². The highest BCUT2D eigenvalue weighted by molar-refractivity contribution is 5.32. The van der Waals surface area contributed by atoms with Crippen LogP contribution in [0.5, 0.6) is 0 Å². The van der Waals surface area contributed by atoms with E-state index in [9.17, 15) is 0 Å². The van der Waals surface area contributed by atoms with Gasteiger partial charge in [0, 0.05) is 12.0 Å². The zero-order valence-corrected chi connectivity index (χ0v) is 13.9. The van der Waals surface area contributed by atoms with Crippen molar-refractivity contribution < 1.29 is 4.74 Å². The first-order valence-corrected chi connectivity index (χ1v) is 8.32. The molecule has 0 aromatic heterocycles. The van der Waals surface area contributed by atoms with Gasteiger partial charge in [-0.05, 0) is 43.2 Å². The second-order valence-corrected chi connectivity index (χ2v) is 7.64. The minimum Gasteiger partial charge on any atom is -0.368 e. The molecule has 1 aromatic rings. The number of rotatable bonds is 5. The Bertz CT molecular complexity index is 498. The molecule has 3 atom stereocenters. The van der Waals surface area contributed by atoms with Crippen molar-refractivity contribution in [2.45, 2.75) is 45.6 Å². The van der Waals surface area contributed by atoms with Gasteiger partial charge in [-0.3, -0.25) is 0 Å². The van der Waals surface area contributed by atoms with Crippen LogP contribution in [0.3, 0.4) is 0 Å². The van der Waals surface area contributed by atoms with E-state index in [0.717, 1.165) is 19.1 Å². The molecule has 2 aliphatic rings. The van der Waals surface area contributed by atoms with Gasteiger partial charge >= 0.3 is 0 Å². The highest BCUT2D eigenvalue weighted by atomic mass is 16.5. The lowest BCUT2D eigenvalue weighted by molar-refractivity contribution is -0.145. The summed E-state index contributed by atoms with van der Waals surface area (Å²) in [6.07, 6.45) is 3.80. The molecule has 3 rings (SSSR count). The normalized spacial score (nSPS) is 37.0. The Balaban J connectivity index is 2.03. The van der Waals surface area contributed by atoms with E-state index >= 15 is 0 Å². The van der Waals surface area contributed by atoms with Crippen molar-refractivity contribution in [1.29, 1.82) is 0 Å². The van der Waals surface area contributed by atoms with Crippen molar-refractivity contribution in [3.63, 3.8) is 0 Å². The summed E-state index contributed by atoms with van der Waals surface area (Å²) in [7, 11) is 1.99. The second kappa shape index (κ2) is 5.10. The highest BCUT2D eigenvalue weighted by Gasteiger charge is 2.69. The van der Waals surface area contributed by atoms with Crippen LogP contribution >= 0.6 is 0 Å². The Labute approximate surface area is 129 Å². The van der Waals surface area contributed by atoms with E-state index in [1.807, 2.05) is 7.05 Å². The minimum absolute atomic E-state index is 0.114. The molecule has 0 saturated heterocycles. The van der Waals surface area contributed by atoms with Crippen LogP contribution < -0.4 is 5.32 Å². The average molecular weight is 287 g/mol. The molecule has 3 unspecified atom stereocenters. The number of hydrogen-bond acceptors (Lipinski definition) is 2. The van der Waals surface area contributed by atoms with Crippen LogP contribution in [0.4, 0.5) is 0 Å². The predicted molar refractivity (Wildman–Crippen MR) is 87.2 cm³/mol. The van der Waals surface area contributed by atoms with E-state index in [-0.39, 0.29) is 11.0 Å². The first-order valence-electron chi connectivity index (χ1n) is 8.32.